The molecule has 0 aliphatic heterocycles. The van der Waals surface area contributed by atoms with Crippen LogP contribution in [0, 0.1) is 11.6 Å². The van der Waals surface area contributed by atoms with Crippen molar-refractivity contribution >= 4 is 15.8 Å². The van der Waals surface area contributed by atoms with Crippen molar-refractivity contribution in [1.29, 1.82) is 0 Å². The molecule has 106 valence electrons. The number of rotatable bonds is 6. The molecule has 0 aliphatic carbocycles. The Morgan fingerprint density at radius 2 is 1.95 bits per heavy atom. The average molecular weight is 292 g/mol. The van der Waals surface area contributed by atoms with Crippen molar-refractivity contribution in [1.82, 2.24) is 0 Å². The summed E-state index contributed by atoms with van der Waals surface area (Å²) in [4.78, 5) is 10.8. The van der Waals surface area contributed by atoms with Crippen LogP contribution < -0.4 is 0 Å². The number of carbonyl (C=O) groups excluding carboxylic acids is 1. The monoisotopic (exact) mass is 292 g/mol. The number of hydrogen-bond donors (Lipinski definition) is 0. The number of ether oxygens (including phenoxy) is 1. The van der Waals surface area contributed by atoms with Crippen LogP contribution in [0.5, 0.6) is 0 Å². The number of esters is 1. The molecule has 0 N–H and O–H groups in total. The molecular formula is C12H14F2O4S. The van der Waals surface area contributed by atoms with E-state index in [9.17, 15) is 22.0 Å². The minimum Gasteiger partial charge on any atom is -0.465 e. The molecule has 1 rings (SSSR count). The molecule has 0 bridgehead atoms. The largest absolute Gasteiger partial charge is 0.465 e. The van der Waals surface area contributed by atoms with Crippen LogP contribution in [0.25, 0.3) is 0 Å². The summed E-state index contributed by atoms with van der Waals surface area (Å²) in [5, 5.41) is 0. The van der Waals surface area contributed by atoms with Gasteiger partial charge in [0.1, 0.15) is 0 Å². The van der Waals surface area contributed by atoms with E-state index in [-0.39, 0.29) is 6.61 Å². The van der Waals surface area contributed by atoms with Crippen molar-refractivity contribution in [2.24, 2.45) is 0 Å². The van der Waals surface area contributed by atoms with Crippen molar-refractivity contribution in [3.8, 4) is 0 Å². The van der Waals surface area contributed by atoms with Crippen molar-refractivity contribution in [2.45, 2.75) is 24.7 Å². The van der Waals surface area contributed by atoms with E-state index in [0.717, 1.165) is 12.5 Å². The van der Waals surface area contributed by atoms with Gasteiger partial charge in [0, 0.05) is 0 Å². The zero-order valence-corrected chi connectivity index (χ0v) is 11.2. The minimum absolute atomic E-state index is 0.142. The van der Waals surface area contributed by atoms with E-state index < -0.39 is 38.1 Å². The Kier molecular flexibility index (Phi) is 5.41. The number of halogens is 2. The van der Waals surface area contributed by atoms with Crippen LogP contribution in [0.15, 0.2) is 23.1 Å². The second kappa shape index (κ2) is 6.60. The highest BCUT2D eigenvalue weighted by molar-refractivity contribution is 7.92. The van der Waals surface area contributed by atoms with Crippen LogP contribution in [-0.4, -0.2) is 26.7 Å². The normalized spacial score (nSPS) is 11.3. The summed E-state index contributed by atoms with van der Waals surface area (Å²) < 4.78 is 53.8. The molecule has 0 saturated carbocycles. The third-order valence-corrected chi connectivity index (χ3v) is 3.91. The van der Waals surface area contributed by atoms with Crippen molar-refractivity contribution in [2.75, 3.05) is 12.4 Å². The number of benzene rings is 1. The van der Waals surface area contributed by atoms with Gasteiger partial charge in [-0.15, -0.1) is 0 Å². The lowest BCUT2D eigenvalue weighted by molar-refractivity contribution is -0.140. The first kappa shape index (κ1) is 15.6. The van der Waals surface area contributed by atoms with Gasteiger partial charge >= 0.3 is 5.97 Å². The topological polar surface area (TPSA) is 60.4 Å². The predicted molar refractivity (Wildman–Crippen MR) is 64.3 cm³/mol. The molecule has 0 unspecified atom stereocenters. The predicted octanol–water partition coefficient (Wildman–Crippen LogP) is 2.08. The van der Waals surface area contributed by atoms with Crippen LogP contribution in [0.2, 0.25) is 0 Å². The lowest BCUT2D eigenvalue weighted by Gasteiger charge is -2.06. The molecule has 0 fully saturated rings. The maximum atomic E-state index is 12.9. The maximum Gasteiger partial charge on any atom is 0.321 e. The number of carbonyl (C=O) groups is 1. The molecule has 4 nitrogen and oxygen atoms in total. The Morgan fingerprint density at radius 3 is 2.53 bits per heavy atom. The van der Waals surface area contributed by atoms with Gasteiger partial charge < -0.3 is 4.74 Å². The Hall–Kier alpha value is -1.50. The van der Waals surface area contributed by atoms with Gasteiger partial charge in [-0.3, -0.25) is 4.79 Å². The Morgan fingerprint density at radius 1 is 1.26 bits per heavy atom. The lowest BCUT2D eigenvalue weighted by atomic mass is 10.3. The molecule has 0 spiro atoms. The van der Waals surface area contributed by atoms with Crippen LogP contribution >= 0.6 is 0 Å². The van der Waals surface area contributed by atoms with Gasteiger partial charge in [0.2, 0.25) is 0 Å². The zero-order chi connectivity index (χ0) is 14.5. The molecule has 0 heterocycles. The SMILES string of the molecule is CCCCOC(=O)CS(=O)(=O)c1ccc(F)c(F)c1. The Bertz CT molecular complexity index is 555. The molecule has 0 saturated heterocycles. The van der Waals surface area contributed by atoms with E-state index in [0.29, 0.717) is 18.6 Å². The average Bonchev–Trinajstić information content (AvgIpc) is 2.32. The van der Waals surface area contributed by atoms with Gasteiger partial charge in [0.25, 0.3) is 0 Å². The standard InChI is InChI=1S/C12H14F2O4S/c1-2-3-6-18-12(15)8-19(16,17)9-4-5-10(13)11(14)7-9/h4-5,7H,2-3,6,8H2,1H3. The van der Waals surface area contributed by atoms with Gasteiger partial charge in [-0.05, 0) is 24.6 Å². The van der Waals surface area contributed by atoms with Crippen LogP contribution in [0.1, 0.15) is 19.8 Å². The maximum absolute atomic E-state index is 12.9. The first-order chi connectivity index (χ1) is 8.86. The number of unbranched alkanes of at least 4 members (excludes halogenated alkanes) is 1. The number of sulfone groups is 1. The van der Waals surface area contributed by atoms with Gasteiger partial charge in [0.15, 0.2) is 27.2 Å². The van der Waals surface area contributed by atoms with Crippen molar-refractivity contribution < 1.29 is 26.7 Å². The highest BCUT2D eigenvalue weighted by atomic mass is 32.2. The molecule has 0 aliphatic rings. The van der Waals surface area contributed by atoms with E-state index in [1.807, 2.05) is 6.92 Å². The van der Waals surface area contributed by atoms with E-state index >= 15 is 0 Å². The molecule has 0 atom stereocenters. The molecule has 1 aromatic carbocycles. The first-order valence-corrected chi connectivity index (χ1v) is 7.35. The highest BCUT2D eigenvalue weighted by Gasteiger charge is 2.21. The van der Waals surface area contributed by atoms with Crippen molar-refractivity contribution in [3.05, 3.63) is 29.8 Å². The van der Waals surface area contributed by atoms with Gasteiger partial charge in [-0.25, -0.2) is 17.2 Å². The second-order valence-electron chi connectivity index (χ2n) is 3.91. The van der Waals surface area contributed by atoms with Gasteiger partial charge in [0.05, 0.1) is 11.5 Å². The molecule has 0 radical (unpaired) electrons. The van der Waals surface area contributed by atoms with E-state index in [1.165, 1.54) is 0 Å². The first-order valence-electron chi connectivity index (χ1n) is 5.70. The number of hydrogen-bond acceptors (Lipinski definition) is 4. The summed E-state index contributed by atoms with van der Waals surface area (Å²) in [5.41, 5.74) is 0. The smallest absolute Gasteiger partial charge is 0.321 e. The molecule has 0 aromatic heterocycles. The van der Waals surface area contributed by atoms with Crippen LogP contribution in [0.3, 0.4) is 0 Å². The minimum atomic E-state index is -4.02. The molecule has 7 heteroatoms. The quantitative estimate of drug-likeness (QED) is 0.457. The molecule has 0 amide bonds. The summed E-state index contributed by atoms with van der Waals surface area (Å²) in [6.45, 7) is 2.04. The summed E-state index contributed by atoms with van der Waals surface area (Å²) in [6, 6.07) is 2.15. The summed E-state index contributed by atoms with van der Waals surface area (Å²) in [5.74, 6) is -4.22. The van der Waals surface area contributed by atoms with E-state index in [2.05, 4.69) is 0 Å². The summed E-state index contributed by atoms with van der Waals surface area (Å²) in [6.07, 6.45) is 1.44. The summed E-state index contributed by atoms with van der Waals surface area (Å²) in [7, 11) is -4.02. The third-order valence-electron chi connectivity index (χ3n) is 2.32. The van der Waals surface area contributed by atoms with Gasteiger partial charge in [-0.2, -0.15) is 0 Å². The van der Waals surface area contributed by atoms with Crippen LogP contribution in [-0.2, 0) is 19.4 Å². The Balaban J connectivity index is 2.75. The fraction of sp³-hybridized carbons (Fsp3) is 0.417. The van der Waals surface area contributed by atoms with Crippen LogP contribution in [0.4, 0.5) is 8.78 Å². The lowest BCUT2D eigenvalue weighted by Crippen LogP contribution is -2.19. The van der Waals surface area contributed by atoms with E-state index in [1.54, 1.807) is 0 Å². The highest BCUT2D eigenvalue weighted by Crippen LogP contribution is 2.15. The van der Waals surface area contributed by atoms with Crippen molar-refractivity contribution in [3.63, 3.8) is 0 Å². The molecule has 19 heavy (non-hydrogen) atoms. The fourth-order valence-corrected chi connectivity index (χ4v) is 2.40. The Labute approximate surface area is 110 Å². The van der Waals surface area contributed by atoms with Gasteiger partial charge in [-0.1, -0.05) is 13.3 Å². The van der Waals surface area contributed by atoms with E-state index in [4.69, 9.17) is 4.74 Å². The fourth-order valence-electron chi connectivity index (χ4n) is 1.28. The molecular weight excluding hydrogens is 278 g/mol. The second-order valence-corrected chi connectivity index (χ2v) is 5.90. The molecule has 1 aromatic rings. The third kappa shape index (κ3) is 4.59. The zero-order valence-electron chi connectivity index (χ0n) is 10.4. The summed E-state index contributed by atoms with van der Waals surface area (Å²) >= 11 is 0.